The number of aromatic nitrogens is 3. The zero-order chi connectivity index (χ0) is 37.0. The SMILES string of the molecule is C=CC.Cn1c2ccccc2c2ccc(-c3ccc4c5ccc(-c6ccc7c8ccccc8n(-c8ccccc8)c7c6)cc5n(-c5ccccc5)c4c3)cc21. The van der Waals surface area contributed by atoms with Gasteiger partial charge in [-0.2, -0.15) is 0 Å². The summed E-state index contributed by atoms with van der Waals surface area (Å²) in [5.41, 5.74) is 14.5. The van der Waals surface area contributed by atoms with Crippen LogP contribution in [0.4, 0.5) is 0 Å². The third-order valence-corrected chi connectivity index (χ3v) is 11.1. The lowest BCUT2D eigenvalue weighted by Gasteiger charge is -2.11. The Hall–Kier alpha value is -7.10. The molecular formula is C52H39N3. The zero-order valence-electron chi connectivity index (χ0n) is 30.9. The van der Waals surface area contributed by atoms with Gasteiger partial charge in [-0.15, -0.1) is 6.58 Å². The summed E-state index contributed by atoms with van der Waals surface area (Å²) in [4.78, 5) is 0. The second kappa shape index (κ2) is 13.1. The first-order chi connectivity index (χ1) is 27.1. The number of hydrogen-bond donors (Lipinski definition) is 0. The Bertz CT molecular complexity index is 3230. The average molecular weight is 706 g/mol. The van der Waals surface area contributed by atoms with Crippen molar-refractivity contribution < 1.29 is 0 Å². The van der Waals surface area contributed by atoms with Crippen molar-refractivity contribution in [2.75, 3.05) is 0 Å². The van der Waals surface area contributed by atoms with Gasteiger partial charge in [-0.3, -0.25) is 0 Å². The molecule has 0 saturated heterocycles. The molecule has 0 unspecified atom stereocenters. The quantitative estimate of drug-likeness (QED) is 0.162. The number of nitrogens with zero attached hydrogens (tertiary/aromatic N) is 3. The van der Waals surface area contributed by atoms with E-state index in [0.717, 1.165) is 5.69 Å². The molecule has 8 aromatic carbocycles. The van der Waals surface area contributed by atoms with Crippen molar-refractivity contribution in [2.24, 2.45) is 7.05 Å². The molecule has 0 bridgehead atoms. The summed E-state index contributed by atoms with van der Waals surface area (Å²) in [6.07, 6.45) is 1.75. The second-order valence-corrected chi connectivity index (χ2v) is 14.3. The number of para-hydroxylation sites is 4. The molecule has 55 heavy (non-hydrogen) atoms. The van der Waals surface area contributed by atoms with Crippen molar-refractivity contribution in [3.8, 4) is 33.6 Å². The average Bonchev–Trinajstić information content (AvgIpc) is 3.85. The Morgan fingerprint density at radius 2 is 0.655 bits per heavy atom. The highest BCUT2D eigenvalue weighted by Crippen LogP contribution is 2.40. The fourth-order valence-electron chi connectivity index (χ4n) is 8.58. The molecule has 0 aliphatic rings. The first kappa shape index (κ1) is 32.5. The number of rotatable bonds is 4. The number of allylic oxidation sites excluding steroid dienone is 1. The van der Waals surface area contributed by atoms with Crippen LogP contribution >= 0.6 is 0 Å². The summed E-state index contributed by atoms with van der Waals surface area (Å²) >= 11 is 0. The van der Waals surface area contributed by atoms with Crippen LogP contribution in [0.3, 0.4) is 0 Å². The predicted octanol–water partition coefficient (Wildman–Crippen LogP) is 14.1. The fraction of sp³-hybridized carbons (Fsp3) is 0.0385. The zero-order valence-corrected chi connectivity index (χ0v) is 30.9. The molecule has 3 nitrogen and oxygen atoms in total. The van der Waals surface area contributed by atoms with Gasteiger partial charge in [-0.05, 0) is 89.8 Å². The monoisotopic (exact) mass is 705 g/mol. The molecule has 0 N–H and O–H groups in total. The van der Waals surface area contributed by atoms with Gasteiger partial charge in [0.15, 0.2) is 0 Å². The van der Waals surface area contributed by atoms with E-state index < -0.39 is 0 Å². The van der Waals surface area contributed by atoms with E-state index in [4.69, 9.17) is 0 Å². The highest BCUT2D eigenvalue weighted by atomic mass is 15.0. The van der Waals surface area contributed by atoms with Gasteiger partial charge in [0.1, 0.15) is 0 Å². The van der Waals surface area contributed by atoms with E-state index in [0.29, 0.717) is 0 Å². The molecule has 0 aliphatic carbocycles. The normalized spacial score (nSPS) is 11.5. The van der Waals surface area contributed by atoms with Crippen molar-refractivity contribution in [3.05, 3.63) is 195 Å². The van der Waals surface area contributed by atoms with E-state index in [1.807, 2.05) is 6.92 Å². The van der Waals surface area contributed by atoms with Crippen LogP contribution < -0.4 is 0 Å². The number of benzene rings is 8. The van der Waals surface area contributed by atoms with Crippen LogP contribution in [-0.4, -0.2) is 13.7 Å². The minimum absolute atomic E-state index is 1.15. The molecule has 3 heterocycles. The van der Waals surface area contributed by atoms with E-state index >= 15 is 0 Å². The van der Waals surface area contributed by atoms with Crippen molar-refractivity contribution in [1.82, 2.24) is 13.7 Å². The number of hydrogen-bond acceptors (Lipinski definition) is 0. The van der Waals surface area contributed by atoms with Crippen LogP contribution in [0, 0.1) is 0 Å². The molecule has 0 atom stereocenters. The smallest absolute Gasteiger partial charge is 0.0547 e. The number of fused-ring (bicyclic) bond motifs is 9. The second-order valence-electron chi connectivity index (χ2n) is 14.3. The fourth-order valence-corrected chi connectivity index (χ4v) is 8.58. The van der Waals surface area contributed by atoms with E-state index in [9.17, 15) is 0 Å². The predicted molar refractivity (Wildman–Crippen MR) is 236 cm³/mol. The number of aryl methyl sites for hydroxylation is 1. The largest absolute Gasteiger partial charge is 0.344 e. The van der Waals surface area contributed by atoms with Crippen molar-refractivity contribution in [2.45, 2.75) is 6.92 Å². The third kappa shape index (κ3) is 5.20. The lowest BCUT2D eigenvalue weighted by Crippen LogP contribution is -1.94. The molecule has 0 fully saturated rings. The van der Waals surface area contributed by atoms with E-state index in [1.54, 1.807) is 6.08 Å². The first-order valence-corrected chi connectivity index (χ1v) is 18.9. The third-order valence-electron chi connectivity index (χ3n) is 11.1. The maximum atomic E-state index is 3.36. The molecule has 3 aromatic heterocycles. The standard InChI is InChI=1S/C49H33N3.C3H6/c1-50-44-18-10-8-16-38(44)40-24-20-32(28-46(40)50)33-22-26-42-43-27-23-35(31-49(43)52(48(42)30-33)37-14-6-3-7-15-37)34-21-25-41-39-17-9-11-19-45(39)51(47(41)29-34)36-12-4-2-5-13-36;1-3-2/h2-31H,1H3;3H,1H2,2H3. The summed E-state index contributed by atoms with van der Waals surface area (Å²) < 4.78 is 7.14. The minimum Gasteiger partial charge on any atom is -0.344 e. The van der Waals surface area contributed by atoms with Crippen molar-refractivity contribution >= 4 is 65.4 Å². The molecule has 0 spiro atoms. The lowest BCUT2D eigenvalue weighted by molar-refractivity contribution is 1.01. The van der Waals surface area contributed by atoms with Crippen LogP contribution in [0.15, 0.2) is 195 Å². The first-order valence-electron chi connectivity index (χ1n) is 18.9. The molecular weight excluding hydrogens is 667 g/mol. The Morgan fingerprint density at radius 1 is 0.345 bits per heavy atom. The van der Waals surface area contributed by atoms with Crippen LogP contribution in [0.25, 0.3) is 99.0 Å². The molecule has 262 valence electrons. The van der Waals surface area contributed by atoms with Gasteiger partial charge in [0.05, 0.1) is 22.1 Å². The van der Waals surface area contributed by atoms with Crippen LogP contribution in [0.2, 0.25) is 0 Å². The van der Waals surface area contributed by atoms with Gasteiger partial charge >= 0.3 is 0 Å². The van der Waals surface area contributed by atoms with Crippen molar-refractivity contribution in [1.29, 1.82) is 0 Å². The van der Waals surface area contributed by atoms with Gasteiger partial charge in [0.2, 0.25) is 0 Å². The summed E-state index contributed by atoms with van der Waals surface area (Å²) in [7, 11) is 2.17. The van der Waals surface area contributed by atoms with Gasteiger partial charge in [0.25, 0.3) is 0 Å². The Labute approximate surface area is 320 Å². The maximum Gasteiger partial charge on any atom is 0.0547 e. The summed E-state index contributed by atoms with van der Waals surface area (Å²) in [6.45, 7) is 5.25. The maximum absolute atomic E-state index is 3.36. The summed E-state index contributed by atoms with van der Waals surface area (Å²) in [5, 5.41) is 7.61. The molecule has 3 heteroatoms. The van der Waals surface area contributed by atoms with Crippen LogP contribution in [0.5, 0.6) is 0 Å². The molecule has 11 aromatic rings. The molecule has 0 radical (unpaired) electrons. The Kier molecular flexibility index (Phi) is 7.74. The topological polar surface area (TPSA) is 14.8 Å². The van der Waals surface area contributed by atoms with Crippen molar-refractivity contribution in [3.63, 3.8) is 0 Å². The molecule has 0 saturated carbocycles. The molecule has 0 aliphatic heterocycles. The highest BCUT2D eigenvalue weighted by molar-refractivity contribution is 6.13. The van der Waals surface area contributed by atoms with E-state index in [2.05, 4.69) is 209 Å². The van der Waals surface area contributed by atoms with E-state index in [1.165, 1.54) is 93.4 Å². The van der Waals surface area contributed by atoms with Gasteiger partial charge in [0, 0.05) is 61.8 Å². The Morgan fingerprint density at radius 3 is 1.11 bits per heavy atom. The molecule has 0 amide bonds. The summed E-state index contributed by atoms with van der Waals surface area (Å²) in [6, 6.07) is 66.6. The highest BCUT2D eigenvalue weighted by Gasteiger charge is 2.17. The lowest BCUT2D eigenvalue weighted by atomic mass is 10.00. The van der Waals surface area contributed by atoms with Gasteiger partial charge in [-0.1, -0.05) is 127 Å². The van der Waals surface area contributed by atoms with E-state index in [-0.39, 0.29) is 0 Å². The Balaban J connectivity index is 0.00000120. The van der Waals surface area contributed by atoms with Crippen LogP contribution in [0.1, 0.15) is 6.92 Å². The summed E-state index contributed by atoms with van der Waals surface area (Å²) in [5.74, 6) is 0. The van der Waals surface area contributed by atoms with Gasteiger partial charge in [-0.25, -0.2) is 0 Å². The minimum atomic E-state index is 1.15. The van der Waals surface area contributed by atoms with Gasteiger partial charge < -0.3 is 13.7 Å². The van der Waals surface area contributed by atoms with Crippen LogP contribution in [-0.2, 0) is 7.05 Å². The molecule has 11 rings (SSSR count).